The normalized spacial score (nSPS) is 26.0. The summed E-state index contributed by atoms with van der Waals surface area (Å²) < 4.78 is 18.0. The molecule has 0 radical (unpaired) electrons. The Morgan fingerprint density at radius 3 is 2.56 bits per heavy atom. The van der Waals surface area contributed by atoms with Gasteiger partial charge in [0, 0.05) is 23.1 Å². The van der Waals surface area contributed by atoms with Crippen LogP contribution in [0.15, 0.2) is 36.4 Å². The number of amides is 1. The average Bonchev–Trinajstić information content (AvgIpc) is 2.89. The van der Waals surface area contributed by atoms with Crippen LogP contribution in [0.3, 0.4) is 0 Å². The molecule has 1 amide bonds. The first kappa shape index (κ1) is 24.9. The van der Waals surface area contributed by atoms with Gasteiger partial charge in [-0.25, -0.2) is 4.79 Å². The number of hydrogen-bond acceptors (Lipinski definition) is 5. The Hall–Kier alpha value is -2.73. The van der Waals surface area contributed by atoms with E-state index in [1.54, 1.807) is 7.11 Å². The van der Waals surface area contributed by atoms with E-state index >= 15 is 0 Å². The number of piperidine rings is 3. The summed E-state index contributed by atoms with van der Waals surface area (Å²) in [5.74, 6) is 2.04. The van der Waals surface area contributed by atoms with Crippen molar-refractivity contribution in [2.24, 2.45) is 11.3 Å². The number of alkyl carbamates (subject to hydrolysis) is 1. The summed E-state index contributed by atoms with van der Waals surface area (Å²) in [6, 6.07) is 12.5. The van der Waals surface area contributed by atoms with Crippen LogP contribution >= 0.6 is 0 Å². The smallest absolute Gasteiger partial charge is 0.407 e. The van der Waals surface area contributed by atoms with E-state index in [9.17, 15) is 4.79 Å². The van der Waals surface area contributed by atoms with Gasteiger partial charge in [-0.05, 0) is 68.0 Å². The number of methoxy groups -OCH3 is 1. The van der Waals surface area contributed by atoms with Crippen LogP contribution in [0.2, 0.25) is 0 Å². The van der Waals surface area contributed by atoms with Gasteiger partial charge in [0.2, 0.25) is 0 Å². The lowest BCUT2D eigenvalue weighted by molar-refractivity contribution is -0.0361. The lowest BCUT2D eigenvalue weighted by Gasteiger charge is -2.44. The largest absolute Gasteiger partial charge is 0.496 e. The fraction of sp³-hybridized carbons (Fsp3) is 0.567. The summed E-state index contributed by atoms with van der Waals surface area (Å²) in [7, 11) is 1.69. The number of benzene rings is 2. The van der Waals surface area contributed by atoms with E-state index in [1.807, 2.05) is 6.07 Å². The number of nitrogens with one attached hydrogen (secondary N) is 1. The highest BCUT2D eigenvalue weighted by atomic mass is 16.6. The minimum atomic E-state index is -0.342. The van der Waals surface area contributed by atoms with Crippen molar-refractivity contribution in [3.8, 4) is 22.6 Å². The Labute approximate surface area is 215 Å². The lowest BCUT2D eigenvalue weighted by Crippen LogP contribution is -2.53. The van der Waals surface area contributed by atoms with Crippen molar-refractivity contribution in [1.82, 2.24) is 10.2 Å². The number of ether oxygens (including phenoxy) is 3. The maximum atomic E-state index is 13.1. The number of fused-ring (bicyclic) bond motifs is 4. The topological polar surface area (TPSA) is 60.0 Å². The number of rotatable bonds is 7. The van der Waals surface area contributed by atoms with Crippen LogP contribution in [0.4, 0.5) is 4.79 Å². The van der Waals surface area contributed by atoms with Gasteiger partial charge in [-0.15, -0.1) is 0 Å². The van der Waals surface area contributed by atoms with Crippen molar-refractivity contribution < 1.29 is 19.0 Å². The monoisotopic (exact) mass is 492 g/mol. The highest BCUT2D eigenvalue weighted by Gasteiger charge is 2.41. The van der Waals surface area contributed by atoms with Crippen LogP contribution in [-0.2, 0) is 11.2 Å². The van der Waals surface area contributed by atoms with Crippen molar-refractivity contribution in [3.05, 3.63) is 47.5 Å². The SMILES string of the molecule is CCCCc1ccc(-c2cc3c(cc2OC)C(NC(=O)O[C@H]2CN4CCC2CC4)C(C)(C)CO3)cc1. The summed E-state index contributed by atoms with van der Waals surface area (Å²) in [5.41, 5.74) is 4.06. The molecule has 1 unspecified atom stereocenters. The first-order valence-corrected chi connectivity index (χ1v) is 13.5. The average molecular weight is 493 g/mol. The van der Waals surface area contributed by atoms with Crippen LogP contribution in [0, 0.1) is 11.3 Å². The Morgan fingerprint density at radius 1 is 1.17 bits per heavy atom. The molecule has 2 bridgehead atoms. The van der Waals surface area contributed by atoms with Crippen LogP contribution in [-0.4, -0.2) is 50.4 Å². The quantitative estimate of drug-likeness (QED) is 0.515. The van der Waals surface area contributed by atoms with Gasteiger partial charge in [0.25, 0.3) is 0 Å². The third-order valence-corrected chi connectivity index (χ3v) is 8.22. The van der Waals surface area contributed by atoms with Crippen LogP contribution in [0.5, 0.6) is 11.5 Å². The molecule has 0 saturated carbocycles. The van der Waals surface area contributed by atoms with Crippen LogP contribution in [0.1, 0.15) is 63.6 Å². The number of hydrogen-bond donors (Lipinski definition) is 1. The molecule has 6 nitrogen and oxygen atoms in total. The minimum absolute atomic E-state index is 0.0212. The summed E-state index contributed by atoms with van der Waals surface area (Å²) in [5, 5.41) is 3.19. The van der Waals surface area contributed by atoms with Crippen molar-refractivity contribution in [2.75, 3.05) is 33.4 Å². The van der Waals surface area contributed by atoms with Crippen molar-refractivity contribution in [1.29, 1.82) is 0 Å². The Kier molecular flexibility index (Phi) is 7.16. The van der Waals surface area contributed by atoms with Gasteiger partial charge < -0.3 is 19.5 Å². The number of aryl methyl sites for hydroxylation is 1. The second-order valence-corrected chi connectivity index (χ2v) is 11.3. The van der Waals surface area contributed by atoms with Crippen LogP contribution in [0.25, 0.3) is 11.1 Å². The molecule has 36 heavy (non-hydrogen) atoms. The lowest BCUT2D eigenvalue weighted by atomic mass is 9.78. The zero-order valence-electron chi connectivity index (χ0n) is 22.1. The number of unbranched alkanes of at least 4 members (excludes halogenated alkanes) is 1. The zero-order valence-corrected chi connectivity index (χ0v) is 22.1. The van der Waals surface area contributed by atoms with Crippen molar-refractivity contribution >= 4 is 6.09 Å². The molecule has 3 saturated heterocycles. The molecule has 1 N–H and O–H groups in total. The summed E-state index contributed by atoms with van der Waals surface area (Å²) >= 11 is 0. The molecule has 0 aliphatic carbocycles. The second kappa shape index (κ2) is 10.3. The molecule has 0 spiro atoms. The highest BCUT2D eigenvalue weighted by molar-refractivity contribution is 5.75. The second-order valence-electron chi connectivity index (χ2n) is 11.3. The van der Waals surface area contributed by atoms with Crippen LogP contribution < -0.4 is 14.8 Å². The molecule has 3 fully saturated rings. The fourth-order valence-corrected chi connectivity index (χ4v) is 5.93. The van der Waals surface area contributed by atoms with Gasteiger partial charge in [-0.3, -0.25) is 4.90 Å². The Morgan fingerprint density at radius 2 is 1.92 bits per heavy atom. The number of carbonyl (C=O) groups excluding carboxylic acids is 1. The van der Waals surface area contributed by atoms with Gasteiger partial charge >= 0.3 is 6.09 Å². The van der Waals surface area contributed by atoms with E-state index in [4.69, 9.17) is 14.2 Å². The first-order chi connectivity index (χ1) is 17.4. The fourth-order valence-electron chi connectivity index (χ4n) is 5.93. The van der Waals surface area contributed by atoms with E-state index in [0.29, 0.717) is 12.5 Å². The molecule has 4 aliphatic heterocycles. The molecule has 2 aromatic rings. The summed E-state index contributed by atoms with van der Waals surface area (Å²) in [6.07, 6.45) is 5.35. The molecule has 4 heterocycles. The third-order valence-electron chi connectivity index (χ3n) is 8.22. The molecule has 2 atom stereocenters. The van der Waals surface area contributed by atoms with E-state index in [1.165, 1.54) is 18.4 Å². The van der Waals surface area contributed by atoms with Gasteiger partial charge in [0.05, 0.1) is 19.8 Å². The minimum Gasteiger partial charge on any atom is -0.496 e. The molecule has 6 rings (SSSR count). The summed E-state index contributed by atoms with van der Waals surface area (Å²) in [4.78, 5) is 15.5. The van der Waals surface area contributed by atoms with Gasteiger partial charge in [0.15, 0.2) is 0 Å². The van der Waals surface area contributed by atoms with Gasteiger partial charge in [0.1, 0.15) is 17.6 Å². The summed E-state index contributed by atoms with van der Waals surface area (Å²) in [6.45, 7) is 10.0. The molecule has 6 heteroatoms. The standard InChI is InChI=1S/C30H40N2O4/c1-5-6-7-20-8-10-21(11-9-20)23-16-26-24(17-25(23)34-4)28(30(2,3)19-35-26)31-29(33)36-27-18-32-14-12-22(27)13-15-32/h8-11,16-17,22,27-28H,5-7,12-15,18-19H2,1-4H3,(H,31,33)/t27-,28?/m0/s1. The predicted octanol–water partition coefficient (Wildman–Crippen LogP) is 5.98. The van der Waals surface area contributed by atoms with E-state index < -0.39 is 0 Å². The van der Waals surface area contributed by atoms with Gasteiger partial charge in [-0.1, -0.05) is 51.5 Å². The molecule has 4 aliphatic rings. The van der Waals surface area contributed by atoms with E-state index in [2.05, 4.69) is 61.3 Å². The Balaban J connectivity index is 1.38. The Bertz CT molecular complexity index is 1070. The van der Waals surface area contributed by atoms with E-state index in [-0.39, 0.29) is 23.7 Å². The maximum absolute atomic E-state index is 13.1. The molecule has 2 aromatic carbocycles. The predicted molar refractivity (Wildman–Crippen MR) is 142 cm³/mol. The van der Waals surface area contributed by atoms with Crippen molar-refractivity contribution in [3.63, 3.8) is 0 Å². The van der Waals surface area contributed by atoms with Crippen molar-refractivity contribution in [2.45, 2.75) is 65.0 Å². The van der Waals surface area contributed by atoms with E-state index in [0.717, 1.165) is 67.1 Å². The van der Waals surface area contributed by atoms with Gasteiger partial charge in [-0.2, -0.15) is 0 Å². The number of nitrogens with zero attached hydrogens (tertiary/aromatic N) is 1. The molecule has 194 valence electrons. The molecule has 0 aromatic heterocycles. The highest BCUT2D eigenvalue weighted by Crippen LogP contribution is 2.47. The molecular formula is C30H40N2O4. The first-order valence-electron chi connectivity index (χ1n) is 13.5. The third kappa shape index (κ3) is 5.06. The maximum Gasteiger partial charge on any atom is 0.407 e. The molecular weight excluding hydrogens is 452 g/mol. The number of carbonyl (C=O) groups is 1. The zero-order chi connectivity index (χ0) is 25.3.